The van der Waals surface area contributed by atoms with Crippen LogP contribution in [0, 0.1) is 6.92 Å². The van der Waals surface area contributed by atoms with Crippen LogP contribution in [0.2, 0.25) is 0 Å². The molecule has 0 unspecified atom stereocenters. The van der Waals surface area contributed by atoms with E-state index in [4.69, 9.17) is 9.52 Å². The van der Waals surface area contributed by atoms with E-state index < -0.39 is 0 Å². The van der Waals surface area contributed by atoms with Crippen LogP contribution >= 0.6 is 11.3 Å². The molecular formula is C13H12N2O2S. The van der Waals surface area contributed by atoms with Gasteiger partial charge in [-0.1, -0.05) is 0 Å². The average Bonchev–Trinajstić information content (AvgIpc) is 2.93. The second kappa shape index (κ2) is 4.51. The molecule has 92 valence electrons. The highest BCUT2D eigenvalue weighted by Gasteiger charge is 2.08. The van der Waals surface area contributed by atoms with Gasteiger partial charge in [-0.05, 0) is 18.2 Å². The third kappa shape index (κ3) is 2.02. The second-order valence-electron chi connectivity index (χ2n) is 4.02. The monoisotopic (exact) mass is 260 g/mol. The van der Waals surface area contributed by atoms with Gasteiger partial charge in [0.05, 0.1) is 0 Å². The van der Waals surface area contributed by atoms with Gasteiger partial charge in [0.1, 0.15) is 10.5 Å². The molecule has 2 aromatic heterocycles. The van der Waals surface area contributed by atoms with Crippen molar-refractivity contribution in [3.8, 4) is 10.6 Å². The molecule has 0 atom stereocenters. The van der Waals surface area contributed by atoms with Crippen LogP contribution in [0.15, 0.2) is 28.8 Å². The molecule has 0 aliphatic carbocycles. The van der Waals surface area contributed by atoms with Gasteiger partial charge in [-0.3, -0.25) is 0 Å². The van der Waals surface area contributed by atoms with E-state index in [1.165, 1.54) is 0 Å². The lowest BCUT2D eigenvalue weighted by molar-refractivity contribution is 0.300. The Kier molecular flexibility index (Phi) is 2.85. The molecule has 1 N–H and O–H groups in total. The van der Waals surface area contributed by atoms with Crippen LogP contribution < -0.4 is 0 Å². The zero-order valence-electron chi connectivity index (χ0n) is 9.88. The van der Waals surface area contributed by atoms with Gasteiger partial charge in [0.15, 0.2) is 11.5 Å². The lowest BCUT2D eigenvalue weighted by Gasteiger charge is -1.94. The SMILES string of the molecule is Cc1nc2ccc(-c3ncc(CCO)s3)cc2o1. The second-order valence-corrected chi connectivity index (χ2v) is 5.14. The molecule has 0 amide bonds. The molecule has 1 aromatic carbocycles. The van der Waals surface area contributed by atoms with E-state index in [9.17, 15) is 0 Å². The number of aliphatic hydroxyl groups is 1. The first kappa shape index (κ1) is 11.4. The highest BCUT2D eigenvalue weighted by atomic mass is 32.1. The van der Waals surface area contributed by atoms with Gasteiger partial charge in [-0.2, -0.15) is 0 Å². The average molecular weight is 260 g/mol. The maximum atomic E-state index is 8.90. The predicted octanol–water partition coefficient (Wildman–Crippen LogP) is 2.79. The van der Waals surface area contributed by atoms with Crippen molar-refractivity contribution in [2.45, 2.75) is 13.3 Å². The number of benzene rings is 1. The summed E-state index contributed by atoms with van der Waals surface area (Å²) in [5.74, 6) is 0.669. The van der Waals surface area contributed by atoms with Crippen LogP contribution in [-0.4, -0.2) is 21.7 Å². The number of aromatic nitrogens is 2. The van der Waals surface area contributed by atoms with E-state index in [1.54, 1.807) is 11.3 Å². The normalized spacial score (nSPS) is 11.2. The molecule has 0 bridgehead atoms. The summed E-state index contributed by atoms with van der Waals surface area (Å²) in [5.41, 5.74) is 2.67. The number of hydrogen-bond donors (Lipinski definition) is 1. The fourth-order valence-corrected chi connectivity index (χ4v) is 2.74. The van der Waals surface area contributed by atoms with Crippen molar-refractivity contribution in [1.29, 1.82) is 0 Å². The van der Waals surface area contributed by atoms with Crippen molar-refractivity contribution >= 4 is 22.4 Å². The van der Waals surface area contributed by atoms with E-state index >= 15 is 0 Å². The summed E-state index contributed by atoms with van der Waals surface area (Å²) in [5, 5.41) is 9.84. The number of hydrogen-bond acceptors (Lipinski definition) is 5. The number of thiazole rings is 1. The standard InChI is InChI=1S/C13H12N2O2S/c1-8-15-11-3-2-9(6-12(11)17-8)13-14-7-10(18-13)4-5-16/h2-3,6-7,16H,4-5H2,1H3. The molecular weight excluding hydrogens is 248 g/mol. The zero-order valence-corrected chi connectivity index (χ0v) is 10.7. The summed E-state index contributed by atoms with van der Waals surface area (Å²) >= 11 is 1.59. The van der Waals surface area contributed by atoms with Crippen LogP contribution in [0.5, 0.6) is 0 Å². The van der Waals surface area contributed by atoms with Crippen molar-refractivity contribution in [2.24, 2.45) is 0 Å². The molecule has 0 saturated carbocycles. The van der Waals surface area contributed by atoms with Crippen molar-refractivity contribution in [1.82, 2.24) is 9.97 Å². The van der Waals surface area contributed by atoms with E-state index in [-0.39, 0.29) is 6.61 Å². The van der Waals surface area contributed by atoms with Gasteiger partial charge in [0.25, 0.3) is 0 Å². The van der Waals surface area contributed by atoms with Gasteiger partial charge in [0, 0.05) is 36.6 Å². The molecule has 0 aliphatic rings. The fourth-order valence-electron chi connectivity index (χ4n) is 1.84. The molecule has 3 rings (SSSR count). The molecule has 3 aromatic rings. The third-order valence-corrected chi connectivity index (χ3v) is 3.76. The summed E-state index contributed by atoms with van der Waals surface area (Å²) in [7, 11) is 0. The first-order chi connectivity index (χ1) is 8.76. The van der Waals surface area contributed by atoms with Crippen molar-refractivity contribution in [2.75, 3.05) is 6.61 Å². The van der Waals surface area contributed by atoms with Crippen LogP contribution in [0.4, 0.5) is 0 Å². The Labute approximate surface area is 108 Å². The minimum atomic E-state index is 0.155. The van der Waals surface area contributed by atoms with E-state index in [1.807, 2.05) is 31.3 Å². The molecule has 0 radical (unpaired) electrons. The summed E-state index contributed by atoms with van der Waals surface area (Å²) in [4.78, 5) is 9.71. The smallest absolute Gasteiger partial charge is 0.192 e. The fraction of sp³-hybridized carbons (Fsp3) is 0.231. The van der Waals surface area contributed by atoms with Crippen LogP contribution in [-0.2, 0) is 6.42 Å². The topological polar surface area (TPSA) is 59.2 Å². The van der Waals surface area contributed by atoms with Crippen molar-refractivity contribution < 1.29 is 9.52 Å². The Hall–Kier alpha value is -1.72. The molecule has 0 saturated heterocycles. The number of nitrogens with zero attached hydrogens (tertiary/aromatic N) is 2. The number of fused-ring (bicyclic) bond motifs is 1. The summed E-state index contributed by atoms with van der Waals surface area (Å²) in [6.45, 7) is 1.99. The molecule has 4 nitrogen and oxygen atoms in total. The summed E-state index contributed by atoms with van der Waals surface area (Å²) in [6.07, 6.45) is 2.47. The Balaban J connectivity index is 2.01. The van der Waals surface area contributed by atoms with E-state index in [0.717, 1.165) is 26.5 Å². The molecule has 0 fully saturated rings. The number of rotatable bonds is 3. The Morgan fingerprint density at radius 3 is 3.11 bits per heavy atom. The molecule has 0 aliphatic heterocycles. The number of aliphatic hydroxyl groups excluding tert-OH is 1. The third-order valence-electron chi connectivity index (χ3n) is 2.65. The van der Waals surface area contributed by atoms with Crippen LogP contribution in [0.1, 0.15) is 10.8 Å². The van der Waals surface area contributed by atoms with Crippen molar-refractivity contribution in [3.05, 3.63) is 35.2 Å². The van der Waals surface area contributed by atoms with Crippen LogP contribution in [0.3, 0.4) is 0 Å². The van der Waals surface area contributed by atoms with Gasteiger partial charge in [-0.25, -0.2) is 9.97 Å². The van der Waals surface area contributed by atoms with Gasteiger partial charge >= 0.3 is 0 Å². The first-order valence-electron chi connectivity index (χ1n) is 5.69. The van der Waals surface area contributed by atoms with E-state index in [2.05, 4.69) is 9.97 Å². The zero-order chi connectivity index (χ0) is 12.5. The lowest BCUT2D eigenvalue weighted by atomic mass is 10.2. The Bertz CT molecular complexity index is 687. The summed E-state index contributed by atoms with van der Waals surface area (Å²) < 4.78 is 5.51. The Morgan fingerprint density at radius 2 is 2.28 bits per heavy atom. The van der Waals surface area contributed by atoms with Gasteiger partial charge < -0.3 is 9.52 Å². The number of oxazole rings is 1. The minimum absolute atomic E-state index is 0.155. The minimum Gasteiger partial charge on any atom is -0.441 e. The molecule has 0 spiro atoms. The van der Waals surface area contributed by atoms with E-state index in [0.29, 0.717) is 12.3 Å². The summed E-state index contributed by atoms with van der Waals surface area (Å²) in [6, 6.07) is 5.89. The molecule has 2 heterocycles. The maximum Gasteiger partial charge on any atom is 0.192 e. The highest BCUT2D eigenvalue weighted by molar-refractivity contribution is 7.15. The van der Waals surface area contributed by atoms with Gasteiger partial charge in [0.2, 0.25) is 0 Å². The largest absolute Gasteiger partial charge is 0.441 e. The Morgan fingerprint density at radius 1 is 1.39 bits per heavy atom. The predicted molar refractivity (Wildman–Crippen MR) is 70.6 cm³/mol. The first-order valence-corrected chi connectivity index (χ1v) is 6.51. The van der Waals surface area contributed by atoms with Crippen LogP contribution in [0.25, 0.3) is 21.7 Å². The van der Waals surface area contributed by atoms with Gasteiger partial charge in [-0.15, -0.1) is 11.3 Å². The molecule has 18 heavy (non-hydrogen) atoms. The molecule has 5 heteroatoms. The van der Waals surface area contributed by atoms with Crippen molar-refractivity contribution in [3.63, 3.8) is 0 Å². The highest BCUT2D eigenvalue weighted by Crippen LogP contribution is 2.28. The number of aryl methyl sites for hydroxylation is 1. The quantitative estimate of drug-likeness (QED) is 0.786. The maximum absolute atomic E-state index is 8.90. The lowest BCUT2D eigenvalue weighted by Crippen LogP contribution is -1.84.